The normalized spacial score (nSPS) is 31.4. The first-order chi connectivity index (χ1) is 7.45. The second-order valence-electron chi connectivity index (χ2n) is 6.42. The molecule has 0 amide bonds. The van der Waals surface area contributed by atoms with Crippen LogP contribution in [0.5, 0.6) is 0 Å². The fourth-order valence-corrected chi connectivity index (χ4v) is 2.87. The Morgan fingerprint density at radius 3 is 2.56 bits per heavy atom. The van der Waals surface area contributed by atoms with Crippen molar-refractivity contribution in [3.05, 3.63) is 12.7 Å². The van der Waals surface area contributed by atoms with Crippen molar-refractivity contribution in [2.24, 2.45) is 17.3 Å². The molecule has 1 N–H and O–H groups in total. The van der Waals surface area contributed by atoms with Crippen molar-refractivity contribution < 1.29 is 5.11 Å². The molecule has 0 heterocycles. The van der Waals surface area contributed by atoms with Gasteiger partial charge in [-0.15, -0.1) is 6.58 Å². The molecule has 1 aliphatic carbocycles. The van der Waals surface area contributed by atoms with Crippen LogP contribution < -0.4 is 0 Å². The van der Waals surface area contributed by atoms with Gasteiger partial charge in [-0.25, -0.2) is 0 Å². The van der Waals surface area contributed by atoms with E-state index in [-0.39, 0.29) is 6.10 Å². The van der Waals surface area contributed by atoms with Crippen molar-refractivity contribution >= 4 is 0 Å². The van der Waals surface area contributed by atoms with E-state index in [9.17, 15) is 5.11 Å². The van der Waals surface area contributed by atoms with Gasteiger partial charge in [0.05, 0.1) is 6.10 Å². The zero-order chi connectivity index (χ0) is 12.2. The topological polar surface area (TPSA) is 20.2 Å². The van der Waals surface area contributed by atoms with Crippen LogP contribution in [0, 0.1) is 17.3 Å². The number of aliphatic hydroxyl groups excluding tert-OH is 1. The Morgan fingerprint density at radius 1 is 1.31 bits per heavy atom. The number of hydrogen-bond donors (Lipinski definition) is 1. The SMILES string of the molecule is C=CCCCC1CC(C(C)(C)C)CCC1O. The average molecular weight is 224 g/mol. The van der Waals surface area contributed by atoms with Crippen LogP contribution in [0.3, 0.4) is 0 Å². The monoisotopic (exact) mass is 224 g/mol. The molecule has 3 unspecified atom stereocenters. The van der Waals surface area contributed by atoms with Crippen molar-refractivity contribution in [2.45, 2.75) is 65.4 Å². The Labute approximate surface area is 101 Å². The Morgan fingerprint density at radius 2 is 2.00 bits per heavy atom. The Bertz CT molecular complexity index is 214. The zero-order valence-electron chi connectivity index (χ0n) is 11.2. The van der Waals surface area contributed by atoms with Gasteiger partial charge in [0.25, 0.3) is 0 Å². The Kier molecular flexibility index (Phi) is 5.04. The molecule has 0 saturated heterocycles. The van der Waals surface area contributed by atoms with E-state index < -0.39 is 0 Å². The van der Waals surface area contributed by atoms with Crippen LogP contribution in [-0.4, -0.2) is 11.2 Å². The largest absolute Gasteiger partial charge is 0.393 e. The molecular formula is C15H28O. The minimum Gasteiger partial charge on any atom is -0.393 e. The van der Waals surface area contributed by atoms with Crippen molar-refractivity contribution in [2.75, 3.05) is 0 Å². The highest BCUT2D eigenvalue weighted by Gasteiger charge is 2.34. The molecule has 1 nitrogen and oxygen atoms in total. The van der Waals surface area contributed by atoms with E-state index in [4.69, 9.17) is 0 Å². The molecule has 3 atom stereocenters. The molecule has 1 saturated carbocycles. The molecule has 0 aliphatic heterocycles. The van der Waals surface area contributed by atoms with Gasteiger partial charge in [-0.05, 0) is 55.8 Å². The summed E-state index contributed by atoms with van der Waals surface area (Å²) in [7, 11) is 0. The van der Waals surface area contributed by atoms with E-state index in [2.05, 4.69) is 27.4 Å². The molecule has 0 aromatic rings. The lowest BCUT2D eigenvalue weighted by atomic mass is 9.67. The van der Waals surface area contributed by atoms with Gasteiger partial charge >= 0.3 is 0 Å². The molecule has 0 spiro atoms. The van der Waals surface area contributed by atoms with Gasteiger partial charge in [0.15, 0.2) is 0 Å². The minimum absolute atomic E-state index is 0.0524. The van der Waals surface area contributed by atoms with Crippen LogP contribution in [0.2, 0.25) is 0 Å². The standard InChI is InChI=1S/C15H28O/c1-5-6-7-8-12-11-13(15(2,3)4)9-10-14(12)16/h5,12-14,16H,1,6-11H2,2-4H3. The summed E-state index contributed by atoms with van der Waals surface area (Å²) >= 11 is 0. The number of hydrogen-bond acceptors (Lipinski definition) is 1. The highest BCUT2D eigenvalue weighted by molar-refractivity contribution is 4.85. The van der Waals surface area contributed by atoms with Crippen molar-refractivity contribution in [3.8, 4) is 0 Å². The van der Waals surface area contributed by atoms with Crippen LogP contribution >= 0.6 is 0 Å². The highest BCUT2D eigenvalue weighted by atomic mass is 16.3. The third-order valence-electron chi connectivity index (χ3n) is 4.15. The maximum atomic E-state index is 10.0. The van der Waals surface area contributed by atoms with E-state index in [0.29, 0.717) is 11.3 Å². The number of rotatable bonds is 4. The zero-order valence-corrected chi connectivity index (χ0v) is 11.2. The Balaban J connectivity index is 2.45. The van der Waals surface area contributed by atoms with E-state index in [1.807, 2.05) is 6.08 Å². The summed E-state index contributed by atoms with van der Waals surface area (Å²) in [5.74, 6) is 1.31. The van der Waals surface area contributed by atoms with Gasteiger partial charge in [-0.2, -0.15) is 0 Å². The first-order valence-corrected chi connectivity index (χ1v) is 6.74. The number of unbranched alkanes of at least 4 members (excludes halogenated alkanes) is 1. The summed E-state index contributed by atoms with van der Waals surface area (Å²) < 4.78 is 0. The van der Waals surface area contributed by atoms with E-state index in [1.54, 1.807) is 0 Å². The summed E-state index contributed by atoms with van der Waals surface area (Å²) in [5.41, 5.74) is 0.400. The van der Waals surface area contributed by atoms with Crippen LogP contribution in [0.4, 0.5) is 0 Å². The van der Waals surface area contributed by atoms with Crippen LogP contribution in [0.15, 0.2) is 12.7 Å². The van der Waals surface area contributed by atoms with E-state index >= 15 is 0 Å². The molecule has 0 bridgehead atoms. The number of allylic oxidation sites excluding steroid dienone is 1. The first-order valence-electron chi connectivity index (χ1n) is 6.74. The summed E-state index contributed by atoms with van der Waals surface area (Å²) in [6.07, 6.45) is 8.77. The quantitative estimate of drug-likeness (QED) is 0.561. The van der Waals surface area contributed by atoms with Crippen LogP contribution in [-0.2, 0) is 0 Å². The fraction of sp³-hybridized carbons (Fsp3) is 0.867. The van der Waals surface area contributed by atoms with Gasteiger partial charge < -0.3 is 5.11 Å². The molecule has 1 rings (SSSR count). The lowest BCUT2D eigenvalue weighted by molar-refractivity contribution is 0.0152. The molecule has 94 valence electrons. The predicted octanol–water partition coefficient (Wildman–Crippen LogP) is 4.17. The molecule has 0 aromatic heterocycles. The average Bonchev–Trinajstić information content (AvgIpc) is 2.19. The fourth-order valence-electron chi connectivity index (χ4n) is 2.87. The summed E-state index contributed by atoms with van der Waals surface area (Å²) in [6.45, 7) is 10.7. The predicted molar refractivity (Wildman–Crippen MR) is 70.3 cm³/mol. The third kappa shape index (κ3) is 3.93. The summed E-state index contributed by atoms with van der Waals surface area (Å²) in [6, 6.07) is 0. The van der Waals surface area contributed by atoms with Gasteiger partial charge in [0.1, 0.15) is 0 Å². The second-order valence-corrected chi connectivity index (χ2v) is 6.42. The van der Waals surface area contributed by atoms with Crippen molar-refractivity contribution in [1.82, 2.24) is 0 Å². The minimum atomic E-state index is -0.0524. The molecule has 0 aromatic carbocycles. The van der Waals surface area contributed by atoms with Gasteiger partial charge in [-0.1, -0.05) is 26.8 Å². The summed E-state index contributed by atoms with van der Waals surface area (Å²) in [5, 5.41) is 10.0. The Hall–Kier alpha value is -0.300. The van der Waals surface area contributed by atoms with E-state index in [0.717, 1.165) is 18.8 Å². The third-order valence-corrected chi connectivity index (χ3v) is 4.15. The first kappa shape index (κ1) is 13.8. The lowest BCUT2D eigenvalue weighted by Crippen LogP contribution is -2.34. The molecule has 0 radical (unpaired) electrons. The maximum absolute atomic E-state index is 10.0. The molecule has 1 fully saturated rings. The van der Waals surface area contributed by atoms with Crippen LogP contribution in [0.25, 0.3) is 0 Å². The van der Waals surface area contributed by atoms with Crippen molar-refractivity contribution in [3.63, 3.8) is 0 Å². The van der Waals surface area contributed by atoms with Gasteiger partial charge in [0.2, 0.25) is 0 Å². The van der Waals surface area contributed by atoms with E-state index in [1.165, 1.54) is 25.7 Å². The smallest absolute Gasteiger partial charge is 0.0568 e. The van der Waals surface area contributed by atoms with Gasteiger partial charge in [-0.3, -0.25) is 0 Å². The maximum Gasteiger partial charge on any atom is 0.0568 e. The summed E-state index contributed by atoms with van der Waals surface area (Å²) in [4.78, 5) is 0. The number of aliphatic hydroxyl groups is 1. The second kappa shape index (κ2) is 5.86. The van der Waals surface area contributed by atoms with Crippen molar-refractivity contribution in [1.29, 1.82) is 0 Å². The lowest BCUT2D eigenvalue weighted by Gasteiger charge is -2.40. The molecule has 1 heteroatoms. The molecule has 16 heavy (non-hydrogen) atoms. The van der Waals surface area contributed by atoms with Crippen LogP contribution in [0.1, 0.15) is 59.3 Å². The molecular weight excluding hydrogens is 196 g/mol. The highest BCUT2D eigenvalue weighted by Crippen LogP contribution is 2.41. The van der Waals surface area contributed by atoms with Gasteiger partial charge in [0, 0.05) is 0 Å². The molecule has 1 aliphatic rings.